The second-order valence-corrected chi connectivity index (χ2v) is 4.83. The topological polar surface area (TPSA) is 41.5 Å². The third-order valence-electron chi connectivity index (χ3n) is 2.79. The molecule has 1 aromatic rings. The van der Waals surface area contributed by atoms with E-state index in [1.165, 1.54) is 0 Å². The fraction of sp³-hybridized carbons (Fsp3) is 0.538. The molecule has 0 fully saturated rings. The molecule has 1 aromatic carbocycles. The zero-order chi connectivity index (χ0) is 12.8. The van der Waals surface area contributed by atoms with Gasteiger partial charge in [0.05, 0.1) is 6.61 Å². The summed E-state index contributed by atoms with van der Waals surface area (Å²) < 4.78 is 5.16. The molecule has 96 valence electrons. The Morgan fingerprint density at radius 1 is 1.41 bits per heavy atom. The largest absolute Gasteiger partial charge is 0.508 e. The van der Waals surface area contributed by atoms with Crippen molar-refractivity contribution < 1.29 is 9.84 Å². The van der Waals surface area contributed by atoms with Crippen LogP contribution in [-0.4, -0.2) is 24.9 Å². The standard InChI is InChI=1S/C13H20ClNO2/c1-9(2)12(8-17-3)15-7-10-11(14)5-4-6-13(10)16/h4-6,9,12,15-16H,7-8H2,1-3H3. The molecule has 0 amide bonds. The Bertz CT molecular complexity index is 335. The lowest BCUT2D eigenvalue weighted by molar-refractivity contribution is 0.146. The van der Waals surface area contributed by atoms with Gasteiger partial charge in [-0.05, 0) is 18.1 Å². The molecule has 0 saturated carbocycles. The Kier molecular flexibility index (Phi) is 5.75. The third kappa shape index (κ3) is 4.19. The molecule has 1 unspecified atom stereocenters. The van der Waals surface area contributed by atoms with E-state index in [2.05, 4.69) is 19.2 Å². The fourth-order valence-electron chi connectivity index (χ4n) is 1.62. The number of hydrogen-bond acceptors (Lipinski definition) is 3. The minimum atomic E-state index is 0.227. The predicted molar refractivity (Wildman–Crippen MR) is 70.5 cm³/mol. The first-order valence-electron chi connectivity index (χ1n) is 5.75. The highest BCUT2D eigenvalue weighted by molar-refractivity contribution is 6.31. The summed E-state index contributed by atoms with van der Waals surface area (Å²) in [5.41, 5.74) is 0.732. The van der Waals surface area contributed by atoms with Crippen LogP contribution in [0.1, 0.15) is 19.4 Å². The molecule has 4 heteroatoms. The summed E-state index contributed by atoms with van der Waals surface area (Å²) in [4.78, 5) is 0. The number of ether oxygens (including phenoxy) is 1. The predicted octanol–water partition coefficient (Wildman–Crippen LogP) is 2.81. The minimum Gasteiger partial charge on any atom is -0.508 e. The Morgan fingerprint density at radius 3 is 2.65 bits per heavy atom. The molecule has 2 N–H and O–H groups in total. The lowest BCUT2D eigenvalue weighted by Gasteiger charge is -2.22. The van der Waals surface area contributed by atoms with Crippen molar-refractivity contribution in [3.05, 3.63) is 28.8 Å². The number of nitrogens with one attached hydrogen (secondary N) is 1. The summed E-state index contributed by atoms with van der Waals surface area (Å²) in [6.07, 6.45) is 0. The number of methoxy groups -OCH3 is 1. The van der Waals surface area contributed by atoms with E-state index in [1.807, 2.05) is 0 Å². The molecule has 0 saturated heterocycles. The molecule has 1 rings (SSSR count). The van der Waals surface area contributed by atoms with Gasteiger partial charge in [-0.25, -0.2) is 0 Å². The smallest absolute Gasteiger partial charge is 0.121 e. The van der Waals surface area contributed by atoms with E-state index in [9.17, 15) is 5.11 Å². The molecule has 0 heterocycles. The minimum absolute atomic E-state index is 0.227. The molecule has 0 aliphatic rings. The molecule has 17 heavy (non-hydrogen) atoms. The first-order valence-corrected chi connectivity index (χ1v) is 6.12. The Labute approximate surface area is 108 Å². The zero-order valence-corrected chi connectivity index (χ0v) is 11.3. The Balaban J connectivity index is 2.65. The molecule has 0 spiro atoms. The highest BCUT2D eigenvalue weighted by atomic mass is 35.5. The Hall–Kier alpha value is -0.770. The van der Waals surface area contributed by atoms with Gasteiger partial charge in [0.1, 0.15) is 5.75 Å². The van der Waals surface area contributed by atoms with Gasteiger partial charge in [-0.15, -0.1) is 0 Å². The van der Waals surface area contributed by atoms with Gasteiger partial charge in [-0.3, -0.25) is 0 Å². The number of phenols is 1. The number of phenolic OH excluding ortho intramolecular Hbond substituents is 1. The third-order valence-corrected chi connectivity index (χ3v) is 3.14. The van der Waals surface area contributed by atoms with Crippen LogP contribution in [0.15, 0.2) is 18.2 Å². The van der Waals surface area contributed by atoms with Crippen molar-refractivity contribution in [1.82, 2.24) is 5.32 Å². The van der Waals surface area contributed by atoms with Crippen molar-refractivity contribution in [3.8, 4) is 5.75 Å². The van der Waals surface area contributed by atoms with Gasteiger partial charge in [-0.2, -0.15) is 0 Å². The van der Waals surface area contributed by atoms with Gasteiger partial charge in [0, 0.05) is 30.3 Å². The maximum atomic E-state index is 9.72. The summed E-state index contributed by atoms with van der Waals surface area (Å²) in [5, 5.41) is 13.6. The molecule has 0 radical (unpaired) electrons. The van der Waals surface area contributed by atoms with E-state index in [0.717, 1.165) is 5.56 Å². The van der Waals surface area contributed by atoms with Crippen LogP contribution in [0.3, 0.4) is 0 Å². The molecule has 1 atom stereocenters. The lowest BCUT2D eigenvalue weighted by Crippen LogP contribution is -2.37. The highest BCUT2D eigenvalue weighted by Crippen LogP contribution is 2.25. The van der Waals surface area contributed by atoms with Crippen LogP contribution in [0.25, 0.3) is 0 Å². The summed E-state index contributed by atoms with van der Waals surface area (Å²) in [5.74, 6) is 0.685. The SMILES string of the molecule is COCC(NCc1c(O)cccc1Cl)C(C)C. The average molecular weight is 258 g/mol. The summed E-state index contributed by atoms with van der Waals surface area (Å²) in [6.45, 7) is 5.44. The molecule has 0 aromatic heterocycles. The molecule has 0 bridgehead atoms. The summed E-state index contributed by atoms with van der Waals surface area (Å²) in [6, 6.07) is 5.40. The maximum Gasteiger partial charge on any atom is 0.121 e. The summed E-state index contributed by atoms with van der Waals surface area (Å²) >= 11 is 6.04. The van der Waals surface area contributed by atoms with Gasteiger partial charge in [-0.1, -0.05) is 31.5 Å². The van der Waals surface area contributed by atoms with Gasteiger partial charge in [0.2, 0.25) is 0 Å². The number of hydrogen-bond donors (Lipinski definition) is 2. The van der Waals surface area contributed by atoms with E-state index in [4.69, 9.17) is 16.3 Å². The fourth-order valence-corrected chi connectivity index (χ4v) is 1.86. The van der Waals surface area contributed by atoms with E-state index in [1.54, 1.807) is 25.3 Å². The van der Waals surface area contributed by atoms with Crippen LogP contribution in [0, 0.1) is 5.92 Å². The second-order valence-electron chi connectivity index (χ2n) is 4.42. The van der Waals surface area contributed by atoms with Crippen molar-refractivity contribution >= 4 is 11.6 Å². The van der Waals surface area contributed by atoms with Crippen LogP contribution < -0.4 is 5.32 Å². The van der Waals surface area contributed by atoms with Gasteiger partial charge in [0.15, 0.2) is 0 Å². The van der Waals surface area contributed by atoms with Gasteiger partial charge >= 0.3 is 0 Å². The van der Waals surface area contributed by atoms with Crippen LogP contribution in [0.2, 0.25) is 5.02 Å². The van der Waals surface area contributed by atoms with Crippen molar-refractivity contribution in [2.75, 3.05) is 13.7 Å². The molecular weight excluding hydrogens is 238 g/mol. The number of aromatic hydroxyl groups is 1. The van der Waals surface area contributed by atoms with Crippen LogP contribution >= 0.6 is 11.6 Å². The van der Waals surface area contributed by atoms with E-state index >= 15 is 0 Å². The first kappa shape index (κ1) is 14.3. The second kappa shape index (κ2) is 6.84. The van der Waals surface area contributed by atoms with E-state index in [0.29, 0.717) is 24.1 Å². The van der Waals surface area contributed by atoms with Crippen molar-refractivity contribution in [1.29, 1.82) is 0 Å². The average Bonchev–Trinajstić information content (AvgIpc) is 2.26. The van der Waals surface area contributed by atoms with Crippen molar-refractivity contribution in [2.45, 2.75) is 26.4 Å². The molecule has 3 nitrogen and oxygen atoms in total. The molecular formula is C13H20ClNO2. The van der Waals surface area contributed by atoms with Crippen molar-refractivity contribution in [3.63, 3.8) is 0 Å². The zero-order valence-electron chi connectivity index (χ0n) is 10.5. The number of halogens is 1. The lowest BCUT2D eigenvalue weighted by atomic mass is 10.0. The number of benzene rings is 1. The van der Waals surface area contributed by atoms with E-state index in [-0.39, 0.29) is 11.8 Å². The molecule has 0 aliphatic heterocycles. The monoisotopic (exact) mass is 257 g/mol. The number of rotatable bonds is 6. The first-order chi connectivity index (χ1) is 8.06. The van der Waals surface area contributed by atoms with Gasteiger partial charge in [0.25, 0.3) is 0 Å². The van der Waals surface area contributed by atoms with Crippen LogP contribution in [0.4, 0.5) is 0 Å². The normalized spacial score (nSPS) is 13.0. The van der Waals surface area contributed by atoms with Crippen LogP contribution in [-0.2, 0) is 11.3 Å². The Morgan fingerprint density at radius 2 is 2.12 bits per heavy atom. The maximum absolute atomic E-state index is 9.72. The summed E-state index contributed by atoms with van der Waals surface area (Å²) in [7, 11) is 1.68. The van der Waals surface area contributed by atoms with Crippen LogP contribution in [0.5, 0.6) is 5.75 Å². The van der Waals surface area contributed by atoms with E-state index < -0.39 is 0 Å². The quantitative estimate of drug-likeness (QED) is 0.824. The molecule has 0 aliphatic carbocycles. The highest BCUT2D eigenvalue weighted by Gasteiger charge is 2.14. The van der Waals surface area contributed by atoms with Crippen molar-refractivity contribution in [2.24, 2.45) is 5.92 Å². The van der Waals surface area contributed by atoms with Gasteiger partial charge < -0.3 is 15.2 Å².